The Balaban J connectivity index is 1.79. The zero-order valence-corrected chi connectivity index (χ0v) is 17.9. The van der Waals surface area contributed by atoms with Crippen molar-refractivity contribution in [2.45, 2.75) is 32.2 Å². The van der Waals surface area contributed by atoms with Crippen LogP contribution >= 0.6 is 0 Å². The number of carbonyl (C=O) groups excluding carboxylic acids is 2. The third-order valence-corrected chi connectivity index (χ3v) is 4.83. The van der Waals surface area contributed by atoms with Crippen LogP contribution in [0.15, 0.2) is 24.3 Å². The molecule has 1 aromatic carbocycles. The van der Waals surface area contributed by atoms with Crippen LogP contribution in [0.5, 0.6) is 0 Å². The molecule has 1 fully saturated rings. The van der Waals surface area contributed by atoms with Gasteiger partial charge in [-0.3, -0.25) is 9.59 Å². The third-order valence-electron chi connectivity index (χ3n) is 4.83. The summed E-state index contributed by atoms with van der Waals surface area (Å²) in [6.45, 7) is 3.56. The van der Waals surface area contributed by atoms with Gasteiger partial charge in [0.2, 0.25) is 0 Å². The fourth-order valence-corrected chi connectivity index (χ4v) is 3.19. The smallest absolute Gasteiger partial charge is 0.296 e. The number of ether oxygens (including phenoxy) is 1. The lowest BCUT2D eigenvalue weighted by Gasteiger charge is -2.25. The molecule has 0 aliphatic carbocycles. The molecule has 164 valence electrons. The summed E-state index contributed by atoms with van der Waals surface area (Å²) >= 11 is 0. The lowest BCUT2D eigenvalue weighted by atomic mass is 10.1. The van der Waals surface area contributed by atoms with Crippen LogP contribution in [0.4, 0.5) is 17.3 Å². The van der Waals surface area contributed by atoms with Gasteiger partial charge < -0.3 is 20.7 Å². The molecular weight excluding hydrogens is 406 g/mol. The second-order valence-electron chi connectivity index (χ2n) is 7.09. The molecule has 1 aliphatic rings. The number of aromatic nitrogens is 2. The number of amides is 1. The lowest BCUT2D eigenvalue weighted by molar-refractivity contribution is -0.115. The molecule has 0 radical (unpaired) electrons. The van der Waals surface area contributed by atoms with Gasteiger partial charge in [0.15, 0.2) is 12.1 Å². The molecule has 3 N–H and O–H groups in total. The summed E-state index contributed by atoms with van der Waals surface area (Å²) in [4.78, 5) is 31.9. The Morgan fingerprint density at radius 1 is 1.28 bits per heavy atom. The van der Waals surface area contributed by atoms with Crippen LogP contribution in [0, 0.1) is 24.2 Å². The topological polar surface area (TPSA) is 105 Å². The van der Waals surface area contributed by atoms with E-state index in [2.05, 4.69) is 37.8 Å². The molecule has 0 saturated carbocycles. The lowest BCUT2D eigenvalue weighted by Crippen LogP contribution is -2.29. The molecule has 2 heterocycles. The maximum absolute atomic E-state index is 11.7. The van der Waals surface area contributed by atoms with Gasteiger partial charge in [0.1, 0.15) is 11.5 Å². The molecule has 1 saturated heterocycles. The second kappa shape index (κ2) is 11.5. The Morgan fingerprint density at radius 2 is 2.09 bits per heavy atom. The number of rotatable bonds is 7. The van der Waals surface area contributed by atoms with Crippen molar-refractivity contribution < 1.29 is 14.3 Å². The summed E-state index contributed by atoms with van der Waals surface area (Å²) in [6.07, 6.45) is 8.14. The number of nitrogens with zero attached hydrogens (tertiary/aromatic N) is 2. The van der Waals surface area contributed by atoms with Gasteiger partial charge in [0, 0.05) is 30.5 Å². The highest BCUT2D eigenvalue weighted by atomic mass is 16.5. The molecule has 32 heavy (non-hydrogen) atoms. The van der Waals surface area contributed by atoms with E-state index in [1.165, 1.54) is 0 Å². The molecule has 0 atom stereocenters. The average Bonchev–Trinajstić information content (AvgIpc) is 2.83. The molecule has 3 rings (SSSR count). The molecule has 0 spiro atoms. The van der Waals surface area contributed by atoms with E-state index in [4.69, 9.17) is 11.2 Å². The van der Waals surface area contributed by atoms with Crippen molar-refractivity contribution >= 4 is 29.5 Å². The van der Waals surface area contributed by atoms with E-state index < -0.39 is 5.91 Å². The van der Waals surface area contributed by atoms with E-state index in [-0.39, 0.29) is 18.3 Å². The Bertz CT molecular complexity index is 1080. The molecular formula is C24H25N5O3. The SMILES string of the molecule is C#CC(=O)NCC#Cc1cccc(Nc2nc(NC3CCOCC3)c(CC)nc2C=O)c1. The molecule has 8 heteroatoms. The van der Waals surface area contributed by atoms with Crippen molar-refractivity contribution in [3.63, 3.8) is 0 Å². The van der Waals surface area contributed by atoms with Crippen LogP contribution in [0.25, 0.3) is 0 Å². The summed E-state index contributed by atoms with van der Waals surface area (Å²) in [5, 5.41) is 9.12. The van der Waals surface area contributed by atoms with E-state index in [0.717, 1.165) is 24.1 Å². The largest absolute Gasteiger partial charge is 0.381 e. The minimum absolute atomic E-state index is 0.154. The van der Waals surface area contributed by atoms with Crippen LogP contribution < -0.4 is 16.0 Å². The van der Waals surface area contributed by atoms with Crippen LogP contribution in [-0.2, 0) is 16.0 Å². The van der Waals surface area contributed by atoms with Gasteiger partial charge in [0.05, 0.1) is 12.2 Å². The van der Waals surface area contributed by atoms with Gasteiger partial charge in [-0.2, -0.15) is 0 Å². The Morgan fingerprint density at radius 3 is 2.81 bits per heavy atom. The summed E-state index contributed by atoms with van der Waals surface area (Å²) in [5.74, 6) is 8.31. The molecule has 8 nitrogen and oxygen atoms in total. The maximum atomic E-state index is 11.7. The van der Waals surface area contributed by atoms with Crippen LogP contribution in [0.1, 0.15) is 41.5 Å². The summed E-state index contributed by atoms with van der Waals surface area (Å²) < 4.78 is 5.42. The predicted octanol–water partition coefficient (Wildman–Crippen LogP) is 2.29. The average molecular weight is 431 g/mol. The number of carbonyl (C=O) groups is 2. The maximum Gasteiger partial charge on any atom is 0.296 e. The van der Waals surface area contributed by atoms with Crippen molar-refractivity contribution in [1.29, 1.82) is 0 Å². The van der Waals surface area contributed by atoms with Gasteiger partial charge in [-0.05, 0) is 43.4 Å². The number of terminal acetylenes is 1. The van der Waals surface area contributed by atoms with Crippen molar-refractivity contribution in [3.8, 4) is 24.2 Å². The number of aldehydes is 1. The van der Waals surface area contributed by atoms with Gasteiger partial charge in [-0.15, -0.1) is 6.42 Å². The first-order valence-corrected chi connectivity index (χ1v) is 10.4. The van der Waals surface area contributed by atoms with E-state index in [1.807, 2.05) is 37.1 Å². The second-order valence-corrected chi connectivity index (χ2v) is 7.09. The van der Waals surface area contributed by atoms with Crippen LogP contribution in [0.2, 0.25) is 0 Å². The standard InChI is InChI=1S/C24H25N5O3/c1-3-20-23(26-18-10-13-32-14-11-18)29-24(21(16-30)28-20)27-19-9-5-7-17(15-19)8-6-12-25-22(31)4-2/h2,5,7,9,15-16,18H,3,10-14H2,1H3,(H,25,31)(H2,26,27,29). The number of benzene rings is 1. The summed E-state index contributed by atoms with van der Waals surface area (Å²) in [7, 11) is 0. The van der Waals surface area contributed by atoms with E-state index in [1.54, 1.807) is 0 Å². The minimum atomic E-state index is -0.504. The van der Waals surface area contributed by atoms with E-state index >= 15 is 0 Å². The van der Waals surface area contributed by atoms with Gasteiger partial charge in [0.25, 0.3) is 5.91 Å². The number of hydrogen-bond acceptors (Lipinski definition) is 7. The van der Waals surface area contributed by atoms with E-state index in [9.17, 15) is 9.59 Å². The van der Waals surface area contributed by atoms with Crippen LogP contribution in [0.3, 0.4) is 0 Å². The van der Waals surface area contributed by atoms with Crippen molar-refractivity contribution in [2.24, 2.45) is 0 Å². The van der Waals surface area contributed by atoms with Crippen LogP contribution in [-0.4, -0.2) is 48.0 Å². The third kappa shape index (κ3) is 6.31. The van der Waals surface area contributed by atoms with Gasteiger partial charge in [-0.1, -0.05) is 24.8 Å². The zero-order valence-electron chi connectivity index (χ0n) is 17.9. The Labute approximate surface area is 187 Å². The number of hydrogen-bond donors (Lipinski definition) is 3. The fourth-order valence-electron chi connectivity index (χ4n) is 3.19. The first kappa shape index (κ1) is 22.8. The molecule has 0 bridgehead atoms. The molecule has 1 aromatic heterocycles. The summed E-state index contributed by atoms with van der Waals surface area (Å²) in [6, 6.07) is 7.60. The number of anilines is 3. The number of nitrogens with one attached hydrogen (secondary N) is 3. The predicted molar refractivity (Wildman–Crippen MR) is 123 cm³/mol. The van der Waals surface area contributed by atoms with E-state index in [0.29, 0.717) is 43.2 Å². The number of aryl methyl sites for hydroxylation is 1. The highest BCUT2D eigenvalue weighted by Gasteiger charge is 2.18. The molecule has 0 unspecified atom stereocenters. The highest BCUT2D eigenvalue weighted by Crippen LogP contribution is 2.24. The first-order chi connectivity index (χ1) is 15.6. The molecule has 1 amide bonds. The van der Waals surface area contributed by atoms with Crippen molar-refractivity contribution in [2.75, 3.05) is 30.4 Å². The van der Waals surface area contributed by atoms with Gasteiger partial charge in [-0.25, -0.2) is 9.97 Å². The van der Waals surface area contributed by atoms with Crippen molar-refractivity contribution in [3.05, 3.63) is 41.2 Å². The van der Waals surface area contributed by atoms with Gasteiger partial charge >= 0.3 is 0 Å². The Kier molecular flexibility index (Phi) is 8.19. The fraction of sp³-hybridized carbons (Fsp3) is 0.333. The van der Waals surface area contributed by atoms with Crippen molar-refractivity contribution in [1.82, 2.24) is 15.3 Å². The monoisotopic (exact) mass is 431 g/mol. The molecule has 1 aliphatic heterocycles. The normalized spacial score (nSPS) is 13.2. The zero-order chi connectivity index (χ0) is 22.8. The summed E-state index contributed by atoms with van der Waals surface area (Å²) in [5.41, 5.74) is 2.44. The highest BCUT2D eigenvalue weighted by molar-refractivity contribution is 5.92. The minimum Gasteiger partial charge on any atom is -0.381 e. The Hall–Kier alpha value is -3.88. The quantitative estimate of drug-likeness (QED) is 0.456. The molecule has 2 aromatic rings. The first-order valence-electron chi connectivity index (χ1n) is 10.4.